The summed E-state index contributed by atoms with van der Waals surface area (Å²) in [6, 6.07) is 0. The lowest BCUT2D eigenvalue weighted by atomic mass is 10.2. The van der Waals surface area contributed by atoms with E-state index in [4.69, 9.17) is 15.2 Å². The van der Waals surface area contributed by atoms with Crippen LogP contribution in [0.3, 0.4) is 0 Å². The fraction of sp³-hybridized carbons (Fsp3) is 1.00. The van der Waals surface area contributed by atoms with E-state index in [9.17, 15) is 4.57 Å². The lowest BCUT2D eigenvalue weighted by Gasteiger charge is -2.06. The Morgan fingerprint density at radius 1 is 1.90 bits per heavy atom. The van der Waals surface area contributed by atoms with Crippen LogP contribution < -0.4 is 5.73 Å². The summed E-state index contributed by atoms with van der Waals surface area (Å²) in [5.41, 5.74) is 5.34. The molecular weight excluding hydrogens is 153 g/mol. The van der Waals surface area contributed by atoms with Crippen molar-refractivity contribution >= 4 is 7.60 Å². The van der Waals surface area contributed by atoms with Crippen molar-refractivity contribution in [2.45, 2.75) is 31.7 Å². The quantitative estimate of drug-likeness (QED) is 0.559. The molecule has 3 N–H and O–H groups in total. The second kappa shape index (κ2) is 2.62. The summed E-state index contributed by atoms with van der Waals surface area (Å²) >= 11 is 0. The molecule has 1 fully saturated rings. The first-order chi connectivity index (χ1) is 4.56. The molecule has 1 aliphatic heterocycles. The summed E-state index contributed by atoms with van der Waals surface area (Å²) in [6.07, 6.45) is 1.13. The van der Waals surface area contributed by atoms with Crippen molar-refractivity contribution in [3.05, 3.63) is 0 Å². The van der Waals surface area contributed by atoms with Crippen LogP contribution in [0.15, 0.2) is 0 Å². The van der Waals surface area contributed by atoms with Crippen molar-refractivity contribution in [3.8, 4) is 0 Å². The van der Waals surface area contributed by atoms with Gasteiger partial charge >= 0.3 is 7.60 Å². The number of rotatable bonds is 1. The van der Waals surface area contributed by atoms with Gasteiger partial charge in [0.15, 0.2) is 0 Å². The van der Waals surface area contributed by atoms with Gasteiger partial charge in [0.2, 0.25) is 0 Å². The molecule has 4 nitrogen and oxygen atoms in total. The van der Waals surface area contributed by atoms with Crippen molar-refractivity contribution in [2.24, 2.45) is 5.73 Å². The Balaban J connectivity index is 2.62. The molecule has 0 radical (unpaired) electrons. The van der Waals surface area contributed by atoms with Gasteiger partial charge in [0.25, 0.3) is 0 Å². The number of hydrogen-bond acceptors (Lipinski definition) is 3. The second-order valence-electron chi connectivity index (χ2n) is 2.50. The molecule has 1 aliphatic rings. The Morgan fingerprint density at radius 3 is 2.70 bits per heavy atom. The number of hydrogen-bond donors (Lipinski definition) is 2. The van der Waals surface area contributed by atoms with Crippen molar-refractivity contribution in [1.82, 2.24) is 0 Å². The standard InChI is InChI=1S/C5H12NO3P/c1-2-4-3-5(6)10(7,8)9-4/h4-5H,2-3,6H2,1H3,(H,7,8). The maximum atomic E-state index is 10.9. The van der Waals surface area contributed by atoms with Gasteiger partial charge in [0.05, 0.1) is 6.10 Å². The molecule has 0 spiro atoms. The maximum Gasteiger partial charge on any atom is 0.345 e. The molecule has 60 valence electrons. The van der Waals surface area contributed by atoms with Crippen LogP contribution in [0.4, 0.5) is 0 Å². The first-order valence-corrected chi connectivity index (χ1v) is 4.97. The van der Waals surface area contributed by atoms with Gasteiger partial charge in [0.1, 0.15) is 5.78 Å². The zero-order chi connectivity index (χ0) is 7.78. The van der Waals surface area contributed by atoms with E-state index in [1.165, 1.54) is 0 Å². The minimum absolute atomic E-state index is 0.120. The molecule has 0 aliphatic carbocycles. The molecule has 1 saturated heterocycles. The molecule has 10 heavy (non-hydrogen) atoms. The van der Waals surface area contributed by atoms with Gasteiger partial charge in [-0.25, -0.2) is 0 Å². The van der Waals surface area contributed by atoms with Crippen LogP contribution in [-0.2, 0) is 9.09 Å². The zero-order valence-corrected chi connectivity index (χ0v) is 6.75. The molecule has 0 saturated carbocycles. The zero-order valence-electron chi connectivity index (χ0n) is 5.86. The summed E-state index contributed by atoms with van der Waals surface area (Å²) < 4.78 is 15.7. The van der Waals surface area contributed by atoms with Crippen LogP contribution in [0.25, 0.3) is 0 Å². The van der Waals surface area contributed by atoms with Crippen LogP contribution in [-0.4, -0.2) is 16.8 Å². The van der Waals surface area contributed by atoms with E-state index in [-0.39, 0.29) is 6.10 Å². The van der Waals surface area contributed by atoms with Crippen LogP contribution in [0.1, 0.15) is 19.8 Å². The third-order valence-corrected chi connectivity index (χ3v) is 3.33. The van der Waals surface area contributed by atoms with E-state index in [1.54, 1.807) is 0 Å². The van der Waals surface area contributed by atoms with Crippen LogP contribution in [0.2, 0.25) is 0 Å². The summed E-state index contributed by atoms with van der Waals surface area (Å²) in [7, 11) is -3.43. The Labute approximate surface area is 59.9 Å². The van der Waals surface area contributed by atoms with Gasteiger partial charge in [-0.2, -0.15) is 0 Å². The SMILES string of the molecule is CCC1CC(N)P(=O)(O)O1. The minimum Gasteiger partial charge on any atom is -0.323 e. The molecule has 0 bridgehead atoms. The predicted octanol–water partition coefficient (Wildman–Crippen LogP) is 0.655. The average Bonchev–Trinajstić information content (AvgIpc) is 2.08. The fourth-order valence-electron chi connectivity index (χ4n) is 0.979. The number of nitrogens with two attached hydrogens (primary N) is 1. The van der Waals surface area contributed by atoms with Gasteiger partial charge in [-0.1, -0.05) is 6.92 Å². The highest BCUT2D eigenvalue weighted by Gasteiger charge is 2.40. The molecule has 0 aromatic heterocycles. The molecule has 0 amide bonds. The average molecular weight is 165 g/mol. The predicted molar refractivity (Wildman–Crippen MR) is 37.6 cm³/mol. The van der Waals surface area contributed by atoms with E-state index in [1.807, 2.05) is 6.92 Å². The van der Waals surface area contributed by atoms with Crippen LogP contribution in [0.5, 0.6) is 0 Å². The van der Waals surface area contributed by atoms with Crippen molar-refractivity contribution in [2.75, 3.05) is 0 Å². The monoisotopic (exact) mass is 165 g/mol. The fourth-order valence-corrected chi connectivity index (χ4v) is 2.30. The molecule has 0 aromatic rings. The minimum atomic E-state index is -3.43. The molecule has 1 heterocycles. The van der Waals surface area contributed by atoms with Crippen LogP contribution >= 0.6 is 7.60 Å². The van der Waals surface area contributed by atoms with E-state index in [0.717, 1.165) is 6.42 Å². The lowest BCUT2D eigenvalue weighted by molar-refractivity contribution is 0.201. The van der Waals surface area contributed by atoms with Crippen molar-refractivity contribution in [3.63, 3.8) is 0 Å². The van der Waals surface area contributed by atoms with E-state index >= 15 is 0 Å². The van der Waals surface area contributed by atoms with E-state index < -0.39 is 13.4 Å². The maximum absolute atomic E-state index is 10.9. The summed E-state index contributed by atoms with van der Waals surface area (Å²) in [5.74, 6) is -0.669. The third-order valence-electron chi connectivity index (χ3n) is 1.68. The molecule has 0 aromatic carbocycles. The van der Waals surface area contributed by atoms with Gasteiger partial charge in [-0.15, -0.1) is 0 Å². The van der Waals surface area contributed by atoms with Gasteiger partial charge < -0.3 is 15.2 Å². The van der Waals surface area contributed by atoms with E-state index in [0.29, 0.717) is 6.42 Å². The van der Waals surface area contributed by atoms with E-state index in [2.05, 4.69) is 0 Å². The highest BCUT2D eigenvalue weighted by atomic mass is 31.2. The van der Waals surface area contributed by atoms with Gasteiger partial charge in [-0.3, -0.25) is 4.57 Å². The Hall–Kier alpha value is 0.110. The van der Waals surface area contributed by atoms with Gasteiger partial charge in [0, 0.05) is 6.42 Å². The molecular formula is C5H12NO3P. The van der Waals surface area contributed by atoms with Crippen LogP contribution in [0, 0.1) is 0 Å². The first kappa shape index (κ1) is 8.21. The first-order valence-electron chi connectivity index (χ1n) is 3.32. The highest BCUT2D eigenvalue weighted by Crippen LogP contribution is 2.54. The molecule has 3 unspecified atom stereocenters. The summed E-state index contributed by atoms with van der Waals surface area (Å²) in [5, 5.41) is 0. The molecule has 5 heteroatoms. The normalized spacial score (nSPS) is 47.9. The van der Waals surface area contributed by atoms with Crippen molar-refractivity contribution in [1.29, 1.82) is 0 Å². The van der Waals surface area contributed by atoms with Gasteiger partial charge in [-0.05, 0) is 6.42 Å². The molecule has 1 rings (SSSR count). The molecule has 3 atom stereocenters. The Bertz CT molecular complexity index is 172. The topological polar surface area (TPSA) is 72.6 Å². The Morgan fingerprint density at radius 2 is 2.50 bits per heavy atom. The summed E-state index contributed by atoms with van der Waals surface area (Å²) in [4.78, 5) is 8.97. The smallest absolute Gasteiger partial charge is 0.323 e. The third kappa shape index (κ3) is 1.40. The lowest BCUT2D eigenvalue weighted by Crippen LogP contribution is -2.16. The summed E-state index contributed by atoms with van der Waals surface area (Å²) in [6.45, 7) is 1.91. The van der Waals surface area contributed by atoms with Crippen molar-refractivity contribution < 1.29 is 14.0 Å². The Kier molecular flexibility index (Phi) is 2.15. The largest absolute Gasteiger partial charge is 0.345 e. The highest BCUT2D eigenvalue weighted by molar-refractivity contribution is 7.53. The second-order valence-corrected chi connectivity index (χ2v) is 4.51.